The molecule has 360 valence electrons. The molecule has 4 saturated heterocycles. The maximum atomic E-state index is 14.9. The summed E-state index contributed by atoms with van der Waals surface area (Å²) >= 11 is 0. The van der Waals surface area contributed by atoms with E-state index in [4.69, 9.17) is 39.7 Å². The zero-order valence-electron chi connectivity index (χ0n) is 37.4. The maximum absolute atomic E-state index is 14.9. The van der Waals surface area contributed by atoms with Crippen LogP contribution in [0.15, 0.2) is 79.4 Å². The number of carbonyl (C=O) groups excluding carboxylic acids is 1. The van der Waals surface area contributed by atoms with Crippen LogP contribution in [-0.4, -0.2) is 158 Å². The van der Waals surface area contributed by atoms with Gasteiger partial charge in [-0.3, -0.25) is 9.80 Å². The second kappa shape index (κ2) is 21.3. The van der Waals surface area contributed by atoms with Gasteiger partial charge in [0.1, 0.15) is 66.7 Å². The summed E-state index contributed by atoms with van der Waals surface area (Å²) in [6.45, 7) is 9.33. The van der Waals surface area contributed by atoms with Crippen molar-refractivity contribution in [3.8, 4) is 5.75 Å². The Morgan fingerprint density at radius 2 is 1.53 bits per heavy atom. The van der Waals surface area contributed by atoms with E-state index in [1.807, 2.05) is 50.2 Å². The number of amides is 2. The quantitative estimate of drug-likeness (QED) is 0.0945. The third-order valence-corrected chi connectivity index (χ3v) is 12.4. The highest BCUT2D eigenvalue weighted by Gasteiger charge is 2.50. The minimum absolute atomic E-state index is 0.0250. The predicted molar refractivity (Wildman–Crippen MR) is 236 cm³/mol. The highest BCUT2D eigenvalue weighted by molar-refractivity contribution is 5.95. The summed E-state index contributed by atoms with van der Waals surface area (Å²) in [5.41, 5.74) is 0.734. The van der Waals surface area contributed by atoms with E-state index in [0.29, 0.717) is 12.2 Å². The lowest BCUT2D eigenvalue weighted by molar-refractivity contribution is -0.286. The van der Waals surface area contributed by atoms with E-state index in [0.717, 1.165) is 68.6 Å². The lowest BCUT2D eigenvalue weighted by atomic mass is 9.94. The number of rotatable bonds is 15. The monoisotopic (exact) mass is 925 g/mol. The van der Waals surface area contributed by atoms with Crippen LogP contribution in [0.25, 0.3) is 0 Å². The fraction of sp³-hybridized carbons (Fsp3) is 0.543. The summed E-state index contributed by atoms with van der Waals surface area (Å²) in [7, 11) is 0. The number of anilines is 3. The van der Waals surface area contributed by atoms with Crippen LogP contribution < -0.4 is 19.4 Å². The summed E-state index contributed by atoms with van der Waals surface area (Å²) in [4.78, 5) is 25.4. The summed E-state index contributed by atoms with van der Waals surface area (Å²) in [5, 5.41) is 60.3. The number of urea groups is 1. The molecule has 6 N–H and O–H groups in total. The third-order valence-electron chi connectivity index (χ3n) is 12.4. The van der Waals surface area contributed by atoms with Crippen LogP contribution in [0, 0.1) is 11.6 Å². The number of β-amino-alcohol motifs (C(OH)–C–C–N with tert-alkyl or cyclic N) is 1. The van der Waals surface area contributed by atoms with E-state index in [-0.39, 0.29) is 43.9 Å². The fourth-order valence-electron chi connectivity index (χ4n) is 8.91. The largest absolute Gasteiger partial charge is 0.488 e. The van der Waals surface area contributed by atoms with Gasteiger partial charge in [-0.05, 0) is 81.3 Å². The third kappa shape index (κ3) is 10.9. The van der Waals surface area contributed by atoms with Crippen LogP contribution in [-0.2, 0) is 26.4 Å². The fourth-order valence-corrected chi connectivity index (χ4v) is 8.91. The zero-order chi connectivity index (χ0) is 47.2. The number of hydrogen-bond donors (Lipinski definition) is 6. The average molecular weight is 926 g/mol. The second-order valence-electron chi connectivity index (χ2n) is 17.4. The van der Waals surface area contributed by atoms with E-state index >= 15 is 0 Å². The van der Waals surface area contributed by atoms with Gasteiger partial charge >= 0.3 is 6.03 Å². The van der Waals surface area contributed by atoms with Crippen molar-refractivity contribution in [1.29, 1.82) is 0 Å². The van der Waals surface area contributed by atoms with Crippen molar-refractivity contribution >= 4 is 23.1 Å². The molecule has 4 aliphatic rings. The highest BCUT2D eigenvalue weighted by Crippen LogP contribution is 2.38. The van der Waals surface area contributed by atoms with Crippen LogP contribution in [0.2, 0.25) is 0 Å². The molecule has 18 nitrogen and oxygen atoms in total. The van der Waals surface area contributed by atoms with Gasteiger partial charge in [0.2, 0.25) is 0 Å². The average Bonchev–Trinajstić information content (AvgIpc) is 4.05. The van der Waals surface area contributed by atoms with Gasteiger partial charge in [-0.15, -0.1) is 0 Å². The first-order valence-corrected chi connectivity index (χ1v) is 22.4. The molecule has 4 aliphatic heterocycles. The Morgan fingerprint density at radius 3 is 2.12 bits per heavy atom. The molecule has 5 heterocycles. The maximum Gasteiger partial charge on any atom is 0.327 e. The van der Waals surface area contributed by atoms with Crippen molar-refractivity contribution in [1.82, 2.24) is 19.7 Å². The van der Waals surface area contributed by atoms with Crippen LogP contribution >= 0.6 is 0 Å². The molecular formula is C46H61F2N7O11. The van der Waals surface area contributed by atoms with E-state index in [1.165, 1.54) is 29.5 Å². The van der Waals surface area contributed by atoms with Crippen molar-refractivity contribution in [2.75, 3.05) is 67.2 Å². The number of aliphatic hydroxyl groups is 6. The Morgan fingerprint density at radius 1 is 0.879 bits per heavy atom. The van der Waals surface area contributed by atoms with E-state index in [2.05, 4.69) is 43.7 Å². The van der Waals surface area contributed by atoms with Gasteiger partial charge in [0.25, 0.3) is 0 Å². The standard InChI is InChI=1S/C40H49F2N7O5.C6H12O6/c1-4-5-6-17-40(51)25-48(38(50)49(40)29(2)3)33-10-8-31(9-11-33)45-18-20-46(21-19-45)32-12-14-34(15-13-32)52-23-37-53-26-39(54-37,24-47-28-43-27-44-47)35-16-7-30(41)22-36(35)42;7-1-2-3(8)4(9)5(10)6(11)12-2/h7-16,22,27-29,37,51H,4-6,17-21,23-26H2,1-3H3;2-11H,1H2/t37-,39+,40?;2-,3-,4+,5-,6?/m01/s1. The number of carbonyl (C=O) groups is 1. The lowest BCUT2D eigenvalue weighted by Gasteiger charge is -2.37. The lowest BCUT2D eigenvalue weighted by Crippen LogP contribution is -2.58. The molecule has 1 aromatic heterocycles. The molecule has 0 radical (unpaired) electrons. The molecule has 4 aromatic rings. The molecule has 66 heavy (non-hydrogen) atoms. The van der Waals surface area contributed by atoms with E-state index in [1.54, 1.807) is 9.80 Å². The van der Waals surface area contributed by atoms with Crippen molar-refractivity contribution in [3.63, 3.8) is 0 Å². The van der Waals surface area contributed by atoms with Crippen LogP contribution in [0.1, 0.15) is 52.0 Å². The number of hydrogen-bond acceptors (Lipinski definition) is 15. The molecule has 3 aromatic carbocycles. The minimum Gasteiger partial charge on any atom is -0.488 e. The number of benzene rings is 3. The highest BCUT2D eigenvalue weighted by atomic mass is 19.1. The molecule has 20 heteroatoms. The van der Waals surface area contributed by atoms with E-state index in [9.17, 15) is 18.7 Å². The van der Waals surface area contributed by atoms with Gasteiger partial charge in [0, 0.05) is 60.9 Å². The molecule has 8 atom stereocenters. The summed E-state index contributed by atoms with van der Waals surface area (Å²) < 4.78 is 52.9. The molecule has 0 spiro atoms. The molecule has 0 saturated carbocycles. The SMILES string of the molecule is CCCCCC1(O)CN(c2ccc(N3CCN(c4ccc(OC[C@H]5OC[C@](Cn6cncn6)(c6ccc(F)cc6F)O5)cc4)CC3)cc2)C(=O)N1C(C)C.OC[C@H]1OC(O)[C@H](O)[C@@H](O)[C@@H]1O. The zero-order valence-corrected chi connectivity index (χ0v) is 37.4. The van der Waals surface area contributed by atoms with Gasteiger partial charge in [0.15, 0.2) is 18.3 Å². The van der Waals surface area contributed by atoms with Gasteiger partial charge in [-0.2, -0.15) is 5.10 Å². The smallest absolute Gasteiger partial charge is 0.327 e. The van der Waals surface area contributed by atoms with E-state index < -0.39 is 66.6 Å². The van der Waals surface area contributed by atoms with Gasteiger partial charge < -0.3 is 59.4 Å². The number of aromatic nitrogens is 3. The molecule has 0 bridgehead atoms. The number of unbranched alkanes of at least 4 members (excludes halogenated alkanes) is 2. The Labute approximate surface area is 382 Å². The van der Waals surface area contributed by atoms with Gasteiger partial charge in [-0.25, -0.2) is 23.2 Å². The first kappa shape index (κ1) is 48.9. The first-order valence-electron chi connectivity index (χ1n) is 22.4. The predicted octanol–water partition coefficient (Wildman–Crippen LogP) is 2.93. The number of nitrogens with zero attached hydrogens (tertiary/aromatic N) is 7. The molecule has 0 aliphatic carbocycles. The Kier molecular flexibility index (Phi) is 15.8. The molecular weight excluding hydrogens is 865 g/mol. The van der Waals surface area contributed by atoms with Gasteiger partial charge in [-0.1, -0.05) is 25.8 Å². The number of ether oxygens (including phenoxy) is 4. The number of halogens is 2. The molecule has 8 rings (SSSR count). The van der Waals surface area contributed by atoms with Crippen molar-refractivity contribution < 1.29 is 63.2 Å². The topological polar surface area (TPSA) is 219 Å². The van der Waals surface area contributed by atoms with Crippen LogP contribution in [0.5, 0.6) is 5.75 Å². The second-order valence-corrected chi connectivity index (χ2v) is 17.4. The molecule has 2 unspecified atom stereocenters. The Balaban J connectivity index is 0.000000470. The van der Waals surface area contributed by atoms with Crippen molar-refractivity contribution in [2.24, 2.45) is 0 Å². The normalized spacial score (nSPS) is 28.0. The molecule has 4 fully saturated rings. The summed E-state index contributed by atoms with van der Waals surface area (Å²) in [6, 6.07) is 19.1. The number of piperazine rings is 1. The molecule has 2 amide bonds. The Bertz CT molecular complexity index is 2170. The number of aliphatic hydroxyl groups excluding tert-OH is 5. The van der Waals surface area contributed by atoms with Gasteiger partial charge in [0.05, 0.1) is 26.3 Å². The van der Waals surface area contributed by atoms with Crippen molar-refractivity contribution in [3.05, 3.63) is 96.6 Å². The van der Waals surface area contributed by atoms with Crippen LogP contribution in [0.3, 0.4) is 0 Å². The Hall–Kier alpha value is -5.03. The van der Waals surface area contributed by atoms with Crippen LogP contribution in [0.4, 0.5) is 30.6 Å². The summed E-state index contributed by atoms with van der Waals surface area (Å²) in [5.74, 6) is -0.764. The first-order chi connectivity index (χ1) is 31.6. The summed E-state index contributed by atoms with van der Waals surface area (Å²) in [6.07, 6.45) is -1.41. The minimum atomic E-state index is -1.57. The van der Waals surface area contributed by atoms with Crippen molar-refractivity contribution in [2.45, 2.75) is 107 Å².